The molecule has 0 aliphatic carbocycles. The van der Waals surface area contributed by atoms with Crippen LogP contribution in [0.1, 0.15) is 387 Å². The average molecular weight is 1490 g/mol. The zero-order valence-corrected chi connectivity index (χ0v) is 79.2. The van der Waals surface area contributed by atoms with Crippen molar-refractivity contribution in [3.63, 3.8) is 0 Å². The van der Waals surface area contributed by atoms with Gasteiger partial charge in [-0.2, -0.15) is 13.2 Å². The van der Waals surface area contributed by atoms with Crippen LogP contribution in [0.5, 0.6) is 0 Å². The van der Waals surface area contributed by atoms with Crippen molar-refractivity contribution < 1.29 is 51.5 Å². The van der Waals surface area contributed by atoms with Crippen LogP contribution in [0.3, 0.4) is 0 Å². The summed E-state index contributed by atoms with van der Waals surface area (Å²) < 4.78 is 78.6. The molecule has 15 unspecified atom stereocenters. The van der Waals surface area contributed by atoms with Crippen LogP contribution in [0.25, 0.3) is 0 Å². The minimum Gasteiger partial charge on any atom is -0.390 e. The van der Waals surface area contributed by atoms with Crippen LogP contribution in [0.4, 0.5) is 17.6 Å². The predicted octanol–water partition coefficient (Wildman–Crippen LogP) is 28.7. The quantitative estimate of drug-likeness (QED) is 0.0726. The van der Waals surface area contributed by atoms with Crippen LogP contribution in [0.2, 0.25) is 0 Å². The van der Waals surface area contributed by atoms with E-state index in [1.165, 1.54) is 6.92 Å². The van der Waals surface area contributed by atoms with Crippen molar-refractivity contribution in [1.29, 1.82) is 0 Å². The highest BCUT2D eigenvalue weighted by Crippen LogP contribution is 2.44. The molecule has 0 bridgehead atoms. The van der Waals surface area contributed by atoms with Crippen LogP contribution in [0, 0.1) is 102 Å². The van der Waals surface area contributed by atoms with Crippen LogP contribution < -0.4 is 5.73 Å². The Morgan fingerprint density at radius 1 is 0.340 bits per heavy atom. The standard InChI is InChI=1S/3C11H24O.C11H22O.C10H22O.C9H17F3O.C9H19F.C9H21N.C9H20O.CH4/c1-8(2)12-10(4)9(3)11(5,6)7;3*1-7-8-12-10(3)9(2)11(4,5)6;1-7-11-9(3)8(2)10(4,5)6;1-6(7(2,3)4)8(5,13)9(10,11)12;3*1-7(8(2,3)4)9(5,6)10;/h8-10H,1-7H3;2*9-10H,7-8H2,1-6H3;7,9-10H,1,8H2,2-6H3;8-9H,7H2,1-6H3;6,13H,1-5H3;7H,1-6H3;7H,10H2,1-6H3;7,10H,1-6H3;1H4. The van der Waals surface area contributed by atoms with Gasteiger partial charge in [0.2, 0.25) is 0 Å². The first-order valence-electron chi connectivity index (χ1n) is 39.9. The molecule has 12 heteroatoms. The molecule has 0 fully saturated rings. The molecular weight excluding hydrogens is 1290 g/mol. The van der Waals surface area contributed by atoms with E-state index in [0.29, 0.717) is 117 Å². The highest BCUT2D eigenvalue weighted by Gasteiger charge is 2.56. The van der Waals surface area contributed by atoms with Gasteiger partial charge in [-0.1, -0.05) is 277 Å². The van der Waals surface area contributed by atoms with E-state index in [9.17, 15) is 27.8 Å². The molecule has 15 atom stereocenters. The SMILES string of the molecule is C.C=CCOC(C)C(C)C(C)(C)C.CC(C(C)(C)C)C(C)(C)F.CC(C(C)(C)C)C(C)(C)N.CC(C(C)(C)C)C(C)(C)O.CC(C(C)(C)C)C(C)(O)C(F)(F)F.CC(C)OC(C)C(C)C(C)(C)C.CCCOC(C)C(C)C(C)(C)C.CCCOC(C)C(C)C(C)(C)C.CCOC(C)C(C)C(C)(C)C. The van der Waals surface area contributed by atoms with E-state index >= 15 is 0 Å². The molecule has 8 nitrogen and oxygen atoms in total. The smallest absolute Gasteiger partial charge is 0.390 e. The summed E-state index contributed by atoms with van der Waals surface area (Å²) in [5.41, 5.74) is 3.41. The maximum atomic E-state index is 13.3. The van der Waals surface area contributed by atoms with Gasteiger partial charge in [0.05, 0.1) is 48.8 Å². The lowest BCUT2D eigenvalue weighted by Crippen LogP contribution is -2.51. The summed E-state index contributed by atoms with van der Waals surface area (Å²) in [6.45, 7) is 117. The third-order valence-corrected chi connectivity index (χ3v) is 22.7. The molecule has 0 aliphatic heterocycles. The van der Waals surface area contributed by atoms with Gasteiger partial charge in [-0.15, -0.1) is 6.58 Å². The monoisotopic (exact) mass is 1490 g/mol. The Labute approximate surface area is 647 Å². The van der Waals surface area contributed by atoms with Crippen LogP contribution >= 0.6 is 0 Å². The van der Waals surface area contributed by atoms with Gasteiger partial charge in [-0.05, 0) is 219 Å². The topological polar surface area (TPSA) is 113 Å². The van der Waals surface area contributed by atoms with Gasteiger partial charge in [0, 0.05) is 25.4 Å². The maximum Gasteiger partial charge on any atom is 0.417 e. The first kappa shape index (κ1) is 123. The highest BCUT2D eigenvalue weighted by atomic mass is 19.4. The second kappa shape index (κ2) is 51.6. The predicted molar refractivity (Wildman–Crippen MR) is 455 cm³/mol. The van der Waals surface area contributed by atoms with E-state index in [4.69, 9.17) is 29.4 Å². The lowest BCUT2D eigenvalue weighted by atomic mass is 9.72. The maximum absolute atomic E-state index is 13.3. The van der Waals surface area contributed by atoms with Gasteiger partial charge < -0.3 is 39.6 Å². The molecule has 636 valence electrons. The zero-order chi connectivity index (χ0) is 85.1. The number of rotatable bonds is 22. The molecule has 4 N–H and O–H groups in total. The Bertz CT molecular complexity index is 1840. The molecule has 103 heavy (non-hydrogen) atoms. The fourth-order valence-electron chi connectivity index (χ4n) is 10.0. The minimum atomic E-state index is -4.57. The zero-order valence-electron chi connectivity index (χ0n) is 79.2. The minimum absolute atomic E-state index is 0. The summed E-state index contributed by atoms with van der Waals surface area (Å²) in [6.07, 6.45) is 1.58. The summed E-state index contributed by atoms with van der Waals surface area (Å²) in [4.78, 5) is 0. The van der Waals surface area contributed by atoms with Gasteiger partial charge in [0.1, 0.15) is 5.67 Å². The Morgan fingerprint density at radius 2 is 0.573 bits per heavy atom. The average Bonchev–Trinajstić information content (AvgIpc) is 0.790. The molecule has 0 aromatic carbocycles. The van der Waals surface area contributed by atoms with Crippen LogP contribution in [-0.4, -0.2) is 102 Å². The molecule has 0 heterocycles. The van der Waals surface area contributed by atoms with Crippen molar-refractivity contribution >= 4 is 0 Å². The van der Waals surface area contributed by atoms with Crippen molar-refractivity contribution in [3.05, 3.63) is 12.7 Å². The number of hydrogen-bond acceptors (Lipinski definition) is 8. The molecule has 0 aliphatic rings. The van der Waals surface area contributed by atoms with Crippen LogP contribution in [0.15, 0.2) is 12.7 Å². The molecule has 0 amide bonds. The highest BCUT2D eigenvalue weighted by molar-refractivity contribution is 4.93. The van der Waals surface area contributed by atoms with Gasteiger partial charge >= 0.3 is 6.18 Å². The second-order valence-corrected chi connectivity index (χ2v) is 42.3. The Morgan fingerprint density at radius 3 is 0.699 bits per heavy atom. The van der Waals surface area contributed by atoms with Crippen molar-refractivity contribution in [2.45, 2.75) is 452 Å². The molecule has 0 aromatic heterocycles. The molecule has 0 spiro atoms. The number of nitrogens with two attached hydrogens (primary N) is 1. The summed E-state index contributed by atoms with van der Waals surface area (Å²) in [7, 11) is 0. The fourth-order valence-corrected chi connectivity index (χ4v) is 10.0. The van der Waals surface area contributed by atoms with Gasteiger partial charge in [0.15, 0.2) is 5.60 Å². The molecular formula is C91H197F4NO7. The van der Waals surface area contributed by atoms with Crippen molar-refractivity contribution in [3.8, 4) is 0 Å². The van der Waals surface area contributed by atoms with Gasteiger partial charge in [0.25, 0.3) is 0 Å². The van der Waals surface area contributed by atoms with Crippen molar-refractivity contribution in [2.24, 2.45) is 108 Å². The third-order valence-electron chi connectivity index (χ3n) is 22.7. The van der Waals surface area contributed by atoms with E-state index < -0.39 is 34.4 Å². The van der Waals surface area contributed by atoms with E-state index in [0.717, 1.165) is 39.6 Å². The number of alkyl halides is 4. The van der Waals surface area contributed by atoms with E-state index in [-0.39, 0.29) is 29.7 Å². The first-order valence-corrected chi connectivity index (χ1v) is 39.9. The molecule has 0 radical (unpaired) electrons. The summed E-state index contributed by atoms with van der Waals surface area (Å²) in [5, 5.41) is 19.0. The number of hydrogen-bond donors (Lipinski definition) is 3. The first-order chi connectivity index (χ1) is 44.2. The Kier molecular flexibility index (Phi) is 61.7. The van der Waals surface area contributed by atoms with E-state index in [1.807, 2.05) is 27.7 Å². The van der Waals surface area contributed by atoms with Gasteiger partial charge in [-0.3, -0.25) is 0 Å². The number of halogens is 4. The Hall–Kier alpha value is -0.860. The normalized spacial score (nSPS) is 17.7. The van der Waals surface area contributed by atoms with E-state index in [2.05, 4.69) is 297 Å². The Balaban J connectivity index is -0.000000118. The number of aliphatic hydroxyl groups is 2. The molecule has 0 aromatic rings. The largest absolute Gasteiger partial charge is 0.417 e. The summed E-state index contributed by atoms with van der Waals surface area (Å²) in [5.74, 6) is 3.12. The molecule has 0 saturated heterocycles. The second-order valence-electron chi connectivity index (χ2n) is 42.3. The lowest BCUT2D eigenvalue weighted by molar-refractivity contribution is -0.280. The lowest BCUT2D eigenvalue weighted by Gasteiger charge is -2.40. The molecule has 0 saturated carbocycles. The van der Waals surface area contributed by atoms with Crippen molar-refractivity contribution in [1.82, 2.24) is 0 Å². The van der Waals surface area contributed by atoms with Crippen molar-refractivity contribution in [2.75, 3.05) is 26.4 Å². The van der Waals surface area contributed by atoms with Gasteiger partial charge in [-0.25, -0.2) is 4.39 Å². The van der Waals surface area contributed by atoms with E-state index in [1.54, 1.807) is 40.7 Å². The number of ether oxygens (including phenoxy) is 5. The molecule has 0 rings (SSSR count). The summed E-state index contributed by atoms with van der Waals surface area (Å²) in [6, 6.07) is 0. The third kappa shape index (κ3) is 63.5. The fraction of sp³-hybridized carbons (Fsp3) is 0.978. The summed E-state index contributed by atoms with van der Waals surface area (Å²) >= 11 is 0. The van der Waals surface area contributed by atoms with Crippen LogP contribution in [-0.2, 0) is 23.7 Å².